The van der Waals surface area contributed by atoms with Gasteiger partial charge in [0.05, 0.1) is 12.7 Å². The molecular weight excluding hydrogens is 254 g/mol. The van der Waals surface area contributed by atoms with Crippen LogP contribution in [0, 0.1) is 6.92 Å². The molecule has 6 nitrogen and oxygen atoms in total. The van der Waals surface area contributed by atoms with Gasteiger partial charge in [-0.2, -0.15) is 5.10 Å². The molecule has 1 fully saturated rings. The lowest BCUT2D eigenvalue weighted by molar-refractivity contribution is 0.0946. The van der Waals surface area contributed by atoms with E-state index in [4.69, 9.17) is 0 Å². The predicted octanol–water partition coefficient (Wildman–Crippen LogP) is 1.29. The van der Waals surface area contributed by atoms with Gasteiger partial charge in [-0.15, -0.1) is 0 Å². The summed E-state index contributed by atoms with van der Waals surface area (Å²) in [5.41, 5.74) is 1.56. The van der Waals surface area contributed by atoms with Gasteiger partial charge in [0.25, 0.3) is 5.91 Å². The van der Waals surface area contributed by atoms with Crippen molar-refractivity contribution >= 4 is 5.91 Å². The van der Waals surface area contributed by atoms with Gasteiger partial charge in [0.15, 0.2) is 0 Å². The fraction of sp³-hybridized carbons (Fsp3) is 0.429. The smallest absolute Gasteiger partial charge is 0.270 e. The molecule has 0 aliphatic heterocycles. The molecule has 0 bridgehead atoms. The van der Waals surface area contributed by atoms with E-state index in [2.05, 4.69) is 20.4 Å². The lowest BCUT2D eigenvalue weighted by Crippen LogP contribution is -2.28. The second-order valence-corrected chi connectivity index (χ2v) is 5.11. The summed E-state index contributed by atoms with van der Waals surface area (Å²) in [6.07, 6.45) is 7.66. The maximum absolute atomic E-state index is 12.0. The minimum absolute atomic E-state index is 0.154. The molecule has 20 heavy (non-hydrogen) atoms. The van der Waals surface area contributed by atoms with Crippen LogP contribution < -0.4 is 5.32 Å². The van der Waals surface area contributed by atoms with Crippen LogP contribution in [0.25, 0.3) is 0 Å². The van der Waals surface area contributed by atoms with Crippen LogP contribution in [0.15, 0.2) is 24.7 Å². The Morgan fingerprint density at radius 3 is 3.05 bits per heavy atom. The average Bonchev–Trinajstić information content (AvgIpc) is 3.23. The molecule has 0 aromatic carbocycles. The molecule has 1 N–H and O–H groups in total. The predicted molar refractivity (Wildman–Crippen MR) is 73.3 cm³/mol. The Balaban J connectivity index is 1.54. The van der Waals surface area contributed by atoms with Crippen molar-refractivity contribution in [3.8, 4) is 0 Å². The third kappa shape index (κ3) is 3.01. The number of hydrogen-bond acceptors (Lipinski definition) is 4. The highest BCUT2D eigenvalue weighted by atomic mass is 16.1. The molecule has 0 spiro atoms. The highest BCUT2D eigenvalue weighted by Crippen LogP contribution is 2.37. The Labute approximate surface area is 117 Å². The summed E-state index contributed by atoms with van der Waals surface area (Å²) in [6, 6.07) is 1.65. The van der Waals surface area contributed by atoms with E-state index in [-0.39, 0.29) is 5.91 Å². The summed E-state index contributed by atoms with van der Waals surface area (Å²) in [7, 11) is 0. The van der Waals surface area contributed by atoms with Gasteiger partial charge >= 0.3 is 0 Å². The molecule has 0 saturated heterocycles. The molecule has 2 aromatic rings. The minimum Gasteiger partial charge on any atom is -0.349 e. The van der Waals surface area contributed by atoms with Crippen LogP contribution in [0.1, 0.15) is 40.6 Å². The van der Waals surface area contributed by atoms with Gasteiger partial charge in [-0.05, 0) is 31.4 Å². The second-order valence-electron chi connectivity index (χ2n) is 5.11. The van der Waals surface area contributed by atoms with E-state index in [0.29, 0.717) is 24.7 Å². The number of hydrogen-bond donors (Lipinski definition) is 1. The first-order chi connectivity index (χ1) is 9.72. The zero-order valence-electron chi connectivity index (χ0n) is 11.4. The van der Waals surface area contributed by atoms with Gasteiger partial charge in [-0.1, -0.05) is 0 Å². The highest BCUT2D eigenvalue weighted by molar-refractivity contribution is 5.92. The van der Waals surface area contributed by atoms with Crippen molar-refractivity contribution in [1.82, 2.24) is 25.1 Å². The van der Waals surface area contributed by atoms with E-state index in [1.165, 1.54) is 0 Å². The maximum atomic E-state index is 12.0. The molecule has 1 aliphatic carbocycles. The van der Waals surface area contributed by atoms with E-state index < -0.39 is 0 Å². The molecule has 1 saturated carbocycles. The summed E-state index contributed by atoms with van der Waals surface area (Å²) in [6.45, 7) is 3.17. The Bertz CT molecular complexity index is 618. The Morgan fingerprint density at radius 1 is 1.50 bits per heavy atom. The van der Waals surface area contributed by atoms with E-state index in [1.54, 1.807) is 18.5 Å². The van der Waals surface area contributed by atoms with Gasteiger partial charge < -0.3 is 5.32 Å². The van der Waals surface area contributed by atoms with E-state index in [9.17, 15) is 4.79 Å². The van der Waals surface area contributed by atoms with Gasteiger partial charge in [0.1, 0.15) is 11.5 Å². The summed E-state index contributed by atoms with van der Waals surface area (Å²) in [4.78, 5) is 20.5. The van der Waals surface area contributed by atoms with Crippen LogP contribution in [0.4, 0.5) is 0 Å². The number of carbonyl (C=O) groups excluding carboxylic acids is 1. The average molecular weight is 271 g/mol. The summed E-state index contributed by atoms with van der Waals surface area (Å²) < 4.78 is 1.81. The SMILES string of the molecule is Cc1cnn(CCNC(=O)c2ccnc(C3CC3)n2)c1. The summed E-state index contributed by atoms with van der Waals surface area (Å²) in [5.74, 6) is 1.09. The molecule has 104 valence electrons. The molecule has 0 radical (unpaired) electrons. The van der Waals surface area contributed by atoms with Crippen molar-refractivity contribution in [2.45, 2.75) is 32.2 Å². The van der Waals surface area contributed by atoms with Crippen LogP contribution in [-0.2, 0) is 6.54 Å². The first-order valence-corrected chi connectivity index (χ1v) is 6.82. The Hall–Kier alpha value is -2.24. The molecule has 6 heteroatoms. The van der Waals surface area contributed by atoms with E-state index in [1.807, 2.05) is 17.8 Å². The van der Waals surface area contributed by atoms with Crippen LogP contribution in [0.5, 0.6) is 0 Å². The van der Waals surface area contributed by atoms with Crippen molar-refractivity contribution in [3.63, 3.8) is 0 Å². The van der Waals surface area contributed by atoms with Crippen LogP contribution in [0.3, 0.4) is 0 Å². The molecule has 2 heterocycles. The number of carbonyl (C=O) groups is 1. The largest absolute Gasteiger partial charge is 0.349 e. The van der Waals surface area contributed by atoms with Crippen LogP contribution in [0.2, 0.25) is 0 Å². The Morgan fingerprint density at radius 2 is 2.35 bits per heavy atom. The lowest BCUT2D eigenvalue weighted by Gasteiger charge is -2.05. The molecule has 1 aliphatic rings. The number of aryl methyl sites for hydroxylation is 1. The molecule has 3 rings (SSSR count). The van der Waals surface area contributed by atoms with Gasteiger partial charge in [0, 0.05) is 24.9 Å². The first kappa shape index (κ1) is 12.8. The summed E-state index contributed by atoms with van der Waals surface area (Å²) >= 11 is 0. The van der Waals surface area contributed by atoms with Crippen molar-refractivity contribution in [2.24, 2.45) is 0 Å². The van der Waals surface area contributed by atoms with E-state index in [0.717, 1.165) is 24.2 Å². The molecule has 0 unspecified atom stereocenters. The lowest BCUT2D eigenvalue weighted by atomic mass is 10.3. The minimum atomic E-state index is -0.154. The molecule has 1 amide bonds. The monoisotopic (exact) mass is 271 g/mol. The maximum Gasteiger partial charge on any atom is 0.270 e. The van der Waals surface area contributed by atoms with E-state index >= 15 is 0 Å². The topological polar surface area (TPSA) is 72.7 Å². The molecule has 2 aromatic heterocycles. The van der Waals surface area contributed by atoms with Crippen molar-refractivity contribution in [3.05, 3.63) is 41.7 Å². The van der Waals surface area contributed by atoms with Crippen LogP contribution in [-0.4, -0.2) is 32.2 Å². The summed E-state index contributed by atoms with van der Waals surface area (Å²) in [5, 5.41) is 7.02. The fourth-order valence-electron chi connectivity index (χ4n) is 2.00. The number of nitrogens with zero attached hydrogens (tertiary/aromatic N) is 4. The van der Waals surface area contributed by atoms with Crippen LogP contribution >= 0.6 is 0 Å². The molecular formula is C14H17N5O. The van der Waals surface area contributed by atoms with Gasteiger partial charge in [-0.25, -0.2) is 9.97 Å². The van der Waals surface area contributed by atoms with Gasteiger partial charge in [-0.3, -0.25) is 9.48 Å². The standard InChI is InChI=1S/C14H17N5O/c1-10-8-17-19(9-10)7-6-16-14(20)12-4-5-15-13(18-12)11-2-3-11/h4-5,8-9,11H,2-3,6-7H2,1H3,(H,16,20). The zero-order valence-corrected chi connectivity index (χ0v) is 11.4. The van der Waals surface area contributed by atoms with Crippen molar-refractivity contribution < 1.29 is 4.79 Å². The number of rotatable bonds is 5. The first-order valence-electron chi connectivity index (χ1n) is 6.82. The Kier molecular flexibility index (Phi) is 3.45. The van der Waals surface area contributed by atoms with Gasteiger partial charge in [0.2, 0.25) is 0 Å². The quantitative estimate of drug-likeness (QED) is 0.889. The number of nitrogens with one attached hydrogen (secondary N) is 1. The molecule has 0 atom stereocenters. The number of aromatic nitrogens is 4. The second kappa shape index (κ2) is 5.40. The fourth-order valence-corrected chi connectivity index (χ4v) is 2.00. The van der Waals surface area contributed by atoms with Crippen molar-refractivity contribution in [2.75, 3.05) is 6.54 Å². The normalized spacial score (nSPS) is 14.2. The third-order valence-corrected chi connectivity index (χ3v) is 3.24. The number of amides is 1. The highest BCUT2D eigenvalue weighted by Gasteiger charge is 2.27. The zero-order chi connectivity index (χ0) is 13.9. The third-order valence-electron chi connectivity index (χ3n) is 3.24. The van der Waals surface area contributed by atoms with Crippen molar-refractivity contribution in [1.29, 1.82) is 0 Å².